The summed E-state index contributed by atoms with van der Waals surface area (Å²) >= 11 is 0. The number of aromatic amines is 1. The summed E-state index contributed by atoms with van der Waals surface area (Å²) in [5.74, 6) is -2.18. The number of halogens is 2. The molecule has 0 spiro atoms. The summed E-state index contributed by atoms with van der Waals surface area (Å²) in [7, 11) is 0. The molecule has 0 unspecified atom stereocenters. The predicted molar refractivity (Wildman–Crippen MR) is 128 cm³/mol. The van der Waals surface area contributed by atoms with Gasteiger partial charge in [-0.2, -0.15) is 0 Å². The molecule has 36 heavy (non-hydrogen) atoms. The van der Waals surface area contributed by atoms with Crippen molar-refractivity contribution in [2.75, 3.05) is 31.6 Å². The van der Waals surface area contributed by atoms with E-state index < -0.39 is 17.5 Å². The van der Waals surface area contributed by atoms with Crippen LogP contribution in [0.15, 0.2) is 24.5 Å². The highest BCUT2D eigenvalue weighted by molar-refractivity contribution is 6.03. The van der Waals surface area contributed by atoms with Crippen LogP contribution in [0.1, 0.15) is 36.0 Å². The van der Waals surface area contributed by atoms with E-state index in [1.54, 1.807) is 4.90 Å². The molecule has 1 aliphatic carbocycles. The molecule has 0 aromatic carbocycles. The molecule has 10 nitrogen and oxygen atoms in total. The minimum Gasteiger partial charge on any atom is -0.378 e. The van der Waals surface area contributed by atoms with Crippen LogP contribution in [0.25, 0.3) is 22.3 Å². The minimum absolute atomic E-state index is 0.0427. The van der Waals surface area contributed by atoms with Gasteiger partial charge in [0.05, 0.1) is 30.7 Å². The molecule has 5 rings (SSSR count). The predicted octanol–water partition coefficient (Wildman–Crippen LogP) is 2.77. The zero-order chi connectivity index (χ0) is 25.2. The molecule has 12 heteroatoms. The van der Waals surface area contributed by atoms with Crippen LogP contribution in [0, 0.1) is 11.6 Å². The number of hydrogen-bond acceptors (Lipinski definition) is 6. The van der Waals surface area contributed by atoms with Crippen molar-refractivity contribution in [3.8, 4) is 11.3 Å². The van der Waals surface area contributed by atoms with Gasteiger partial charge in [0.15, 0.2) is 11.6 Å². The fraction of sp³-hybridized carbons (Fsp3) is 0.417. The largest absolute Gasteiger partial charge is 0.378 e. The van der Waals surface area contributed by atoms with E-state index >= 15 is 4.39 Å². The van der Waals surface area contributed by atoms with Crippen LogP contribution in [-0.2, 0) is 4.74 Å². The van der Waals surface area contributed by atoms with Gasteiger partial charge >= 0.3 is 6.03 Å². The number of carbonyl (C=O) groups excluding carboxylic acids is 2. The maximum Gasteiger partial charge on any atom is 0.317 e. The average molecular weight is 500 g/mol. The van der Waals surface area contributed by atoms with Gasteiger partial charge < -0.3 is 31.0 Å². The lowest BCUT2D eigenvalue weighted by Crippen LogP contribution is -2.51. The van der Waals surface area contributed by atoms with Gasteiger partial charge in [-0.1, -0.05) is 0 Å². The second-order valence-electron chi connectivity index (χ2n) is 9.08. The Labute approximate surface area is 205 Å². The molecule has 3 aromatic rings. The normalized spacial score (nSPS) is 20.3. The fourth-order valence-corrected chi connectivity index (χ4v) is 4.83. The molecule has 190 valence electrons. The first-order chi connectivity index (χ1) is 17.4. The SMILES string of the molecule is NC(=O)c1cc(F)c(N[C@H]2CCC[C@@H](NC(=O)N3CCOCC3)C2)nc1-c1c[nH]c2ncc(F)cc12. The standard InChI is InChI=1S/C24H27F2N7O3/c25-13-8-16-18(12-29-22(16)28-11-13)20-17(21(27)34)10-19(26)23(32-20)30-14-2-1-3-15(9-14)31-24(35)33-4-6-36-7-5-33/h8,10-12,14-15H,1-7,9H2,(H2,27,34)(H,28,29)(H,30,32)(H,31,35)/t14-,15+/m0/s1. The Balaban J connectivity index is 1.37. The van der Waals surface area contributed by atoms with Crippen molar-refractivity contribution in [3.63, 3.8) is 0 Å². The maximum atomic E-state index is 15.0. The van der Waals surface area contributed by atoms with E-state index in [4.69, 9.17) is 10.5 Å². The van der Waals surface area contributed by atoms with Crippen LogP contribution in [-0.4, -0.2) is 70.2 Å². The summed E-state index contributed by atoms with van der Waals surface area (Å²) < 4.78 is 34.2. The lowest BCUT2D eigenvalue weighted by atomic mass is 9.91. The quantitative estimate of drug-likeness (QED) is 0.426. The monoisotopic (exact) mass is 499 g/mol. The van der Waals surface area contributed by atoms with Gasteiger partial charge in [0, 0.05) is 42.3 Å². The molecule has 5 N–H and O–H groups in total. The van der Waals surface area contributed by atoms with Crippen LogP contribution >= 0.6 is 0 Å². The molecule has 3 amide bonds. The summed E-state index contributed by atoms with van der Waals surface area (Å²) in [6.45, 7) is 2.15. The Morgan fingerprint density at radius 1 is 1.17 bits per heavy atom. The molecule has 1 saturated heterocycles. The van der Waals surface area contributed by atoms with Gasteiger partial charge in [0.1, 0.15) is 11.5 Å². The van der Waals surface area contributed by atoms with Crippen molar-refractivity contribution in [3.05, 3.63) is 41.7 Å². The molecule has 1 saturated carbocycles. The van der Waals surface area contributed by atoms with Crippen LogP contribution in [0.4, 0.5) is 19.4 Å². The second-order valence-corrected chi connectivity index (χ2v) is 9.08. The van der Waals surface area contributed by atoms with E-state index in [0.717, 1.165) is 31.5 Å². The van der Waals surface area contributed by atoms with E-state index in [2.05, 4.69) is 25.6 Å². The maximum absolute atomic E-state index is 15.0. The van der Waals surface area contributed by atoms with Crippen LogP contribution in [0.5, 0.6) is 0 Å². The third-order valence-corrected chi connectivity index (χ3v) is 6.64. The Kier molecular flexibility index (Phi) is 6.68. The molecule has 2 atom stereocenters. The number of morpholine rings is 1. The second kappa shape index (κ2) is 10.1. The van der Waals surface area contributed by atoms with E-state index in [1.165, 1.54) is 12.3 Å². The van der Waals surface area contributed by atoms with Crippen molar-refractivity contribution in [1.29, 1.82) is 0 Å². The van der Waals surface area contributed by atoms with Crippen molar-refractivity contribution in [1.82, 2.24) is 25.2 Å². The number of ether oxygens (including phenoxy) is 1. The number of pyridine rings is 2. The van der Waals surface area contributed by atoms with E-state index in [-0.39, 0.29) is 35.2 Å². The lowest BCUT2D eigenvalue weighted by Gasteiger charge is -2.33. The van der Waals surface area contributed by atoms with Gasteiger partial charge in [-0.15, -0.1) is 0 Å². The van der Waals surface area contributed by atoms with Crippen LogP contribution in [0.3, 0.4) is 0 Å². The first-order valence-corrected chi connectivity index (χ1v) is 11.9. The van der Waals surface area contributed by atoms with Crippen molar-refractivity contribution in [2.24, 2.45) is 5.73 Å². The molecular weight excluding hydrogens is 472 g/mol. The number of rotatable bonds is 5. The number of H-pyrrole nitrogens is 1. The number of fused-ring (bicyclic) bond motifs is 1. The number of carbonyl (C=O) groups is 2. The molecule has 0 bridgehead atoms. The van der Waals surface area contributed by atoms with E-state index in [9.17, 15) is 14.0 Å². The summed E-state index contributed by atoms with van der Waals surface area (Å²) in [5.41, 5.74) is 6.29. The third kappa shape index (κ3) is 4.94. The van der Waals surface area contributed by atoms with Gasteiger partial charge in [0.25, 0.3) is 5.91 Å². The Morgan fingerprint density at radius 2 is 1.94 bits per heavy atom. The highest BCUT2D eigenvalue weighted by Crippen LogP contribution is 2.32. The lowest BCUT2D eigenvalue weighted by molar-refractivity contribution is 0.0521. The highest BCUT2D eigenvalue weighted by atomic mass is 19.1. The summed E-state index contributed by atoms with van der Waals surface area (Å²) in [6.07, 6.45) is 5.62. The van der Waals surface area contributed by atoms with Crippen molar-refractivity contribution < 1.29 is 23.1 Å². The first kappa shape index (κ1) is 23.9. The molecule has 2 aliphatic rings. The number of anilines is 1. The van der Waals surface area contributed by atoms with E-state index in [1.807, 2.05) is 0 Å². The smallest absolute Gasteiger partial charge is 0.317 e. The zero-order valence-electron chi connectivity index (χ0n) is 19.5. The Hall–Kier alpha value is -3.80. The van der Waals surface area contributed by atoms with Gasteiger partial charge in [-0.25, -0.2) is 23.5 Å². The Morgan fingerprint density at radius 3 is 2.72 bits per heavy atom. The number of nitrogens with one attached hydrogen (secondary N) is 3. The van der Waals surface area contributed by atoms with Crippen molar-refractivity contribution in [2.45, 2.75) is 37.8 Å². The highest BCUT2D eigenvalue weighted by Gasteiger charge is 2.27. The zero-order valence-corrected chi connectivity index (χ0v) is 19.5. The Bertz CT molecular complexity index is 1290. The number of nitrogens with two attached hydrogens (primary N) is 1. The summed E-state index contributed by atoms with van der Waals surface area (Å²) in [4.78, 5) is 37.7. The van der Waals surface area contributed by atoms with Gasteiger partial charge in [-0.3, -0.25) is 4.79 Å². The number of hydrogen-bond donors (Lipinski definition) is 4. The van der Waals surface area contributed by atoms with Gasteiger partial charge in [0.2, 0.25) is 0 Å². The first-order valence-electron chi connectivity index (χ1n) is 11.9. The van der Waals surface area contributed by atoms with Crippen molar-refractivity contribution >= 4 is 28.8 Å². The molecule has 1 aliphatic heterocycles. The molecular formula is C24H27F2N7O3. The summed E-state index contributed by atoms with van der Waals surface area (Å²) in [5, 5.41) is 6.60. The third-order valence-electron chi connectivity index (χ3n) is 6.64. The molecule has 0 radical (unpaired) electrons. The minimum atomic E-state index is -0.856. The van der Waals surface area contributed by atoms with Crippen LogP contribution < -0.4 is 16.4 Å². The number of urea groups is 1. The topological polar surface area (TPSA) is 138 Å². The average Bonchev–Trinajstić information content (AvgIpc) is 3.28. The van der Waals surface area contributed by atoms with E-state index in [0.29, 0.717) is 49.3 Å². The number of primary amides is 1. The van der Waals surface area contributed by atoms with Gasteiger partial charge in [-0.05, 0) is 37.8 Å². The molecule has 3 aromatic heterocycles. The number of aromatic nitrogens is 3. The molecule has 2 fully saturated rings. The molecule has 4 heterocycles. The summed E-state index contributed by atoms with van der Waals surface area (Å²) in [6, 6.07) is 1.97. The number of amides is 3. The number of nitrogens with zero attached hydrogens (tertiary/aromatic N) is 3. The fourth-order valence-electron chi connectivity index (χ4n) is 4.83. The van der Waals surface area contributed by atoms with Crippen LogP contribution in [0.2, 0.25) is 0 Å².